The fourth-order valence-corrected chi connectivity index (χ4v) is 2.28. The first-order valence-corrected chi connectivity index (χ1v) is 7.94. The summed E-state index contributed by atoms with van der Waals surface area (Å²) in [7, 11) is 0. The quantitative estimate of drug-likeness (QED) is 0.786. The number of aromatic carboxylic acids is 1. The van der Waals surface area contributed by atoms with Gasteiger partial charge in [0, 0.05) is 5.69 Å². The fraction of sp³-hybridized carbons (Fsp3) is 0.263. The Morgan fingerprint density at radius 3 is 2.54 bits per heavy atom. The molecule has 2 N–H and O–H groups in total. The van der Waals surface area contributed by atoms with E-state index in [-0.39, 0.29) is 12.2 Å². The van der Waals surface area contributed by atoms with Gasteiger partial charge < -0.3 is 9.84 Å². The number of carbonyl (C=O) groups is 2. The average Bonchev–Trinajstić information content (AvgIpc) is 2.59. The van der Waals surface area contributed by atoms with Gasteiger partial charge in [0.1, 0.15) is 6.61 Å². The van der Waals surface area contributed by atoms with Crippen LogP contribution in [0.25, 0.3) is 0 Å². The number of carbonyl (C=O) groups excluding carboxylic acids is 1. The van der Waals surface area contributed by atoms with Crippen LogP contribution in [-0.2, 0) is 17.8 Å². The molecule has 0 unspecified atom stereocenters. The third-order valence-corrected chi connectivity index (χ3v) is 3.61. The summed E-state index contributed by atoms with van der Waals surface area (Å²) < 4.78 is 5.19. The molecule has 0 fully saturated rings. The van der Waals surface area contributed by atoms with E-state index < -0.39 is 12.1 Å². The highest BCUT2D eigenvalue weighted by atomic mass is 16.5. The van der Waals surface area contributed by atoms with Crippen LogP contribution in [0.1, 0.15) is 41.3 Å². The number of anilines is 1. The van der Waals surface area contributed by atoms with Crippen molar-refractivity contribution < 1.29 is 19.4 Å². The molecular formula is C19H21NO4. The molecule has 0 saturated heterocycles. The third-order valence-electron chi connectivity index (χ3n) is 3.61. The number of unbranched alkanes of at least 4 members (excludes halogenated alkanes) is 1. The van der Waals surface area contributed by atoms with Crippen molar-refractivity contribution in [3.63, 3.8) is 0 Å². The van der Waals surface area contributed by atoms with Gasteiger partial charge in [-0.2, -0.15) is 0 Å². The van der Waals surface area contributed by atoms with Crippen molar-refractivity contribution in [3.8, 4) is 0 Å². The maximum atomic E-state index is 12.0. The summed E-state index contributed by atoms with van der Waals surface area (Å²) in [6, 6.07) is 14.1. The number of benzene rings is 2. The molecule has 24 heavy (non-hydrogen) atoms. The van der Waals surface area contributed by atoms with Crippen LogP contribution in [0.2, 0.25) is 0 Å². The number of aryl methyl sites for hydroxylation is 1. The van der Waals surface area contributed by atoms with E-state index >= 15 is 0 Å². The number of amides is 1. The molecule has 0 bridgehead atoms. The number of nitrogens with one attached hydrogen (secondary N) is 1. The van der Waals surface area contributed by atoms with Crippen molar-refractivity contribution >= 4 is 17.7 Å². The maximum absolute atomic E-state index is 12.0. The Morgan fingerprint density at radius 2 is 1.88 bits per heavy atom. The van der Waals surface area contributed by atoms with Gasteiger partial charge in [-0.1, -0.05) is 49.7 Å². The Labute approximate surface area is 141 Å². The number of ether oxygens (including phenoxy) is 1. The van der Waals surface area contributed by atoms with Gasteiger partial charge in [0.2, 0.25) is 0 Å². The molecule has 0 aliphatic rings. The lowest BCUT2D eigenvalue weighted by Gasteiger charge is -2.12. The first kappa shape index (κ1) is 17.5. The Morgan fingerprint density at radius 1 is 1.12 bits per heavy atom. The van der Waals surface area contributed by atoms with Crippen molar-refractivity contribution in [2.45, 2.75) is 32.8 Å². The topological polar surface area (TPSA) is 75.6 Å². The molecule has 0 atom stereocenters. The van der Waals surface area contributed by atoms with Gasteiger partial charge in [-0.05, 0) is 36.1 Å². The minimum absolute atomic E-state index is 0.133. The molecule has 2 rings (SSSR count). The van der Waals surface area contributed by atoms with E-state index in [0.717, 1.165) is 30.4 Å². The van der Waals surface area contributed by atoms with Crippen LogP contribution in [0.15, 0.2) is 48.5 Å². The largest absolute Gasteiger partial charge is 0.478 e. The zero-order chi connectivity index (χ0) is 17.4. The van der Waals surface area contributed by atoms with Crippen LogP contribution in [-0.4, -0.2) is 17.2 Å². The van der Waals surface area contributed by atoms with E-state index in [0.29, 0.717) is 5.69 Å². The second-order valence-corrected chi connectivity index (χ2v) is 5.47. The summed E-state index contributed by atoms with van der Waals surface area (Å²) in [5, 5.41) is 11.8. The molecule has 1 amide bonds. The molecule has 0 saturated carbocycles. The average molecular weight is 327 g/mol. The van der Waals surface area contributed by atoms with Crippen LogP contribution in [0.3, 0.4) is 0 Å². The second-order valence-electron chi connectivity index (χ2n) is 5.47. The van der Waals surface area contributed by atoms with Crippen LogP contribution in [0, 0.1) is 0 Å². The summed E-state index contributed by atoms with van der Waals surface area (Å²) in [5.74, 6) is -1.03. The van der Waals surface area contributed by atoms with E-state index in [4.69, 9.17) is 9.84 Å². The lowest BCUT2D eigenvalue weighted by molar-refractivity contribution is 0.0696. The van der Waals surface area contributed by atoms with Gasteiger partial charge >= 0.3 is 12.1 Å². The van der Waals surface area contributed by atoms with Crippen LogP contribution >= 0.6 is 0 Å². The standard InChI is InChI=1S/C19H21NO4/c1-2-3-9-15-10-11-16(18(21)22)12-17(15)20-19(23)24-13-14-7-5-4-6-8-14/h4-8,10-12H,2-3,9,13H2,1H3,(H,20,23)(H,21,22). The summed E-state index contributed by atoms with van der Waals surface area (Å²) in [4.78, 5) is 23.1. The smallest absolute Gasteiger partial charge is 0.411 e. The summed E-state index contributed by atoms with van der Waals surface area (Å²) in [6.07, 6.45) is 2.14. The summed E-state index contributed by atoms with van der Waals surface area (Å²) in [5.41, 5.74) is 2.41. The SMILES string of the molecule is CCCCc1ccc(C(=O)O)cc1NC(=O)OCc1ccccc1. The highest BCUT2D eigenvalue weighted by Crippen LogP contribution is 2.21. The van der Waals surface area contributed by atoms with Crippen molar-refractivity contribution in [1.82, 2.24) is 0 Å². The van der Waals surface area contributed by atoms with E-state index in [2.05, 4.69) is 12.2 Å². The van der Waals surface area contributed by atoms with E-state index in [1.165, 1.54) is 6.07 Å². The zero-order valence-electron chi connectivity index (χ0n) is 13.6. The van der Waals surface area contributed by atoms with Crippen LogP contribution in [0.4, 0.5) is 10.5 Å². The van der Waals surface area contributed by atoms with Crippen molar-refractivity contribution in [1.29, 1.82) is 0 Å². The lowest BCUT2D eigenvalue weighted by atomic mass is 10.0. The molecule has 5 heteroatoms. The molecule has 0 radical (unpaired) electrons. The normalized spacial score (nSPS) is 10.2. The van der Waals surface area contributed by atoms with Crippen LogP contribution in [0.5, 0.6) is 0 Å². The predicted molar refractivity (Wildman–Crippen MR) is 92.3 cm³/mol. The molecule has 0 spiro atoms. The summed E-state index contributed by atoms with van der Waals surface area (Å²) in [6.45, 7) is 2.24. The molecule has 0 aliphatic heterocycles. The minimum atomic E-state index is -1.03. The highest BCUT2D eigenvalue weighted by Gasteiger charge is 2.12. The van der Waals surface area contributed by atoms with Gasteiger partial charge in [-0.3, -0.25) is 5.32 Å². The fourth-order valence-electron chi connectivity index (χ4n) is 2.28. The zero-order valence-corrected chi connectivity index (χ0v) is 13.6. The maximum Gasteiger partial charge on any atom is 0.411 e. The van der Waals surface area contributed by atoms with Crippen molar-refractivity contribution in [2.75, 3.05) is 5.32 Å². The summed E-state index contributed by atoms with van der Waals surface area (Å²) >= 11 is 0. The van der Waals surface area contributed by atoms with Gasteiger partial charge in [0.05, 0.1) is 5.56 Å². The predicted octanol–water partition coefficient (Wildman–Crippen LogP) is 4.48. The first-order valence-electron chi connectivity index (χ1n) is 7.94. The van der Waals surface area contributed by atoms with E-state index in [1.54, 1.807) is 12.1 Å². The van der Waals surface area contributed by atoms with Crippen LogP contribution < -0.4 is 5.32 Å². The Hall–Kier alpha value is -2.82. The molecule has 0 aromatic heterocycles. The number of hydrogen-bond donors (Lipinski definition) is 2. The Kier molecular flexibility index (Phi) is 6.37. The molecule has 126 valence electrons. The van der Waals surface area contributed by atoms with E-state index in [1.807, 2.05) is 30.3 Å². The minimum Gasteiger partial charge on any atom is -0.478 e. The van der Waals surface area contributed by atoms with Gasteiger partial charge in [-0.15, -0.1) is 0 Å². The molecule has 2 aromatic carbocycles. The molecule has 0 aliphatic carbocycles. The Bertz CT molecular complexity index is 698. The van der Waals surface area contributed by atoms with Gasteiger partial charge in [0.25, 0.3) is 0 Å². The Balaban J connectivity index is 2.06. The van der Waals surface area contributed by atoms with E-state index in [9.17, 15) is 9.59 Å². The molecular weight excluding hydrogens is 306 g/mol. The number of rotatable bonds is 7. The number of carboxylic acid groups (broad SMARTS) is 1. The van der Waals surface area contributed by atoms with Crippen molar-refractivity contribution in [3.05, 3.63) is 65.2 Å². The second kappa shape index (κ2) is 8.72. The number of carboxylic acids is 1. The molecule has 2 aromatic rings. The molecule has 5 nitrogen and oxygen atoms in total. The first-order chi connectivity index (χ1) is 11.6. The van der Waals surface area contributed by atoms with Crippen molar-refractivity contribution in [2.24, 2.45) is 0 Å². The monoisotopic (exact) mass is 327 g/mol. The third kappa shape index (κ3) is 5.12. The van der Waals surface area contributed by atoms with Gasteiger partial charge in [-0.25, -0.2) is 9.59 Å². The number of hydrogen-bond acceptors (Lipinski definition) is 3. The van der Waals surface area contributed by atoms with Gasteiger partial charge in [0.15, 0.2) is 0 Å². The molecule has 0 heterocycles. The highest BCUT2D eigenvalue weighted by molar-refractivity contribution is 5.92. The lowest BCUT2D eigenvalue weighted by Crippen LogP contribution is -2.15.